The van der Waals surface area contributed by atoms with Gasteiger partial charge in [0, 0.05) is 0 Å². The van der Waals surface area contributed by atoms with Crippen molar-refractivity contribution in [2.24, 2.45) is 5.92 Å². The molecule has 0 nitrogen and oxygen atoms in total. The van der Waals surface area contributed by atoms with E-state index in [-0.39, 0.29) is 26.2 Å². The molecule has 2 fully saturated rings. The minimum Gasteiger partial charge on any atom is -0.341 e. The molecule has 0 aliphatic heterocycles. The maximum absolute atomic E-state index is 3.64. The Bertz CT molecular complexity index is 215. The van der Waals surface area contributed by atoms with Gasteiger partial charge in [0.15, 0.2) is 0 Å². The van der Waals surface area contributed by atoms with Gasteiger partial charge in [-0.05, 0) is 59.2 Å². The van der Waals surface area contributed by atoms with E-state index in [2.05, 4.69) is 90.0 Å². The zero-order valence-electron chi connectivity index (χ0n) is 18.8. The maximum atomic E-state index is 3.64. The van der Waals surface area contributed by atoms with Crippen LogP contribution in [0.5, 0.6) is 0 Å². The SMILES string of the molecule is C[C]1[C](C)[C](C)[C](C)[C]1C.C[C]1[C](C)[C](C)[C](C)[C]1C.[CH2-]C(C)C.[Zr+3]. The van der Waals surface area contributed by atoms with Crippen LogP contribution in [-0.4, -0.2) is 0 Å². The van der Waals surface area contributed by atoms with Gasteiger partial charge < -0.3 is 6.92 Å². The third kappa shape index (κ3) is 7.80. The van der Waals surface area contributed by atoms with Crippen LogP contribution in [0.2, 0.25) is 0 Å². The molecular weight excluding hydrogens is 379 g/mol. The van der Waals surface area contributed by atoms with Crippen LogP contribution in [0.25, 0.3) is 0 Å². The summed E-state index contributed by atoms with van der Waals surface area (Å²) in [6.07, 6.45) is 0. The average molecular weight is 419 g/mol. The van der Waals surface area contributed by atoms with Crippen molar-refractivity contribution in [1.82, 2.24) is 0 Å². The number of rotatable bonds is 0. The van der Waals surface area contributed by atoms with Crippen molar-refractivity contribution in [2.75, 3.05) is 0 Å². The molecule has 2 rings (SSSR count). The molecule has 2 aliphatic rings. The summed E-state index contributed by atoms with van der Waals surface area (Å²) >= 11 is 0. The van der Waals surface area contributed by atoms with Gasteiger partial charge in [0.2, 0.25) is 0 Å². The standard InChI is InChI=1S/2C10H15.C4H9.Zr/c2*1-6-7(2)9(4)10(5)8(6)3;1-4(2)3;/h2*1-5H3;4H,1H2,2-3H3;/q;;-1;+3. The van der Waals surface area contributed by atoms with E-state index < -0.39 is 0 Å². The van der Waals surface area contributed by atoms with Crippen LogP contribution in [0.4, 0.5) is 0 Å². The molecule has 0 amide bonds. The Labute approximate surface area is 180 Å². The monoisotopic (exact) mass is 417 g/mol. The molecule has 1 heteroatoms. The first-order chi connectivity index (χ1) is 10.8. The van der Waals surface area contributed by atoms with E-state index in [1.165, 1.54) is 59.2 Å². The van der Waals surface area contributed by atoms with Gasteiger partial charge in [-0.3, -0.25) is 0 Å². The third-order valence-electron chi connectivity index (χ3n) is 5.62. The molecular formula is C24H39Zr+2. The smallest absolute Gasteiger partial charge is 0.341 e. The van der Waals surface area contributed by atoms with Gasteiger partial charge in [-0.15, -0.1) is 0 Å². The first kappa shape index (κ1) is 28.1. The molecule has 0 aromatic heterocycles. The third-order valence-corrected chi connectivity index (χ3v) is 5.62. The Kier molecular flexibility index (Phi) is 13.9. The predicted octanol–water partition coefficient (Wildman–Crippen LogP) is 7.42. The molecule has 0 aromatic rings. The zero-order valence-corrected chi connectivity index (χ0v) is 21.2. The summed E-state index contributed by atoms with van der Waals surface area (Å²) in [4.78, 5) is 0. The summed E-state index contributed by atoms with van der Waals surface area (Å²) in [6.45, 7) is 29.7. The largest absolute Gasteiger partial charge is 3.00 e. The Morgan fingerprint density at radius 3 is 0.480 bits per heavy atom. The fourth-order valence-corrected chi connectivity index (χ4v) is 2.81. The molecule has 0 saturated heterocycles. The van der Waals surface area contributed by atoms with E-state index in [0.29, 0.717) is 5.92 Å². The van der Waals surface area contributed by atoms with Gasteiger partial charge in [0.1, 0.15) is 0 Å². The second-order valence-electron chi connectivity index (χ2n) is 7.64. The van der Waals surface area contributed by atoms with E-state index in [4.69, 9.17) is 0 Å². The summed E-state index contributed by atoms with van der Waals surface area (Å²) < 4.78 is 0. The van der Waals surface area contributed by atoms with Crippen LogP contribution in [0.1, 0.15) is 83.1 Å². The van der Waals surface area contributed by atoms with Crippen molar-refractivity contribution in [1.29, 1.82) is 0 Å². The Hall–Kier alpha value is 0.883. The van der Waals surface area contributed by atoms with Crippen molar-refractivity contribution in [2.45, 2.75) is 83.1 Å². The molecule has 2 saturated carbocycles. The minimum absolute atomic E-state index is 0. The molecule has 0 bridgehead atoms. The predicted molar refractivity (Wildman–Crippen MR) is 109 cm³/mol. The summed E-state index contributed by atoms with van der Waals surface area (Å²) in [5, 5.41) is 0. The topological polar surface area (TPSA) is 0 Å². The fourth-order valence-electron chi connectivity index (χ4n) is 2.81. The van der Waals surface area contributed by atoms with Crippen molar-refractivity contribution < 1.29 is 26.2 Å². The molecule has 11 radical (unpaired) electrons. The van der Waals surface area contributed by atoms with E-state index in [1.807, 2.05) is 0 Å². The number of hydrogen-bond donors (Lipinski definition) is 0. The van der Waals surface area contributed by atoms with Gasteiger partial charge in [-0.2, -0.15) is 5.92 Å². The summed E-state index contributed by atoms with van der Waals surface area (Å²) in [5.74, 6) is 15.3. The second-order valence-corrected chi connectivity index (χ2v) is 7.64. The van der Waals surface area contributed by atoms with Crippen LogP contribution in [0.15, 0.2) is 0 Å². The van der Waals surface area contributed by atoms with Crippen LogP contribution in [0, 0.1) is 72.0 Å². The van der Waals surface area contributed by atoms with Gasteiger partial charge in [0.05, 0.1) is 0 Å². The summed E-state index contributed by atoms with van der Waals surface area (Å²) in [5.41, 5.74) is 0. The Balaban J connectivity index is 0. The van der Waals surface area contributed by atoms with Crippen LogP contribution in [-0.2, 0) is 26.2 Å². The van der Waals surface area contributed by atoms with E-state index in [0.717, 1.165) is 0 Å². The minimum atomic E-state index is 0. The van der Waals surface area contributed by atoms with E-state index >= 15 is 0 Å². The van der Waals surface area contributed by atoms with Gasteiger partial charge >= 0.3 is 26.2 Å². The van der Waals surface area contributed by atoms with Crippen molar-refractivity contribution in [3.63, 3.8) is 0 Å². The second kappa shape index (κ2) is 12.4. The van der Waals surface area contributed by atoms with Crippen molar-refractivity contribution in [3.05, 3.63) is 66.1 Å². The molecule has 0 spiro atoms. The molecule has 137 valence electrons. The Morgan fingerprint density at radius 2 is 0.440 bits per heavy atom. The van der Waals surface area contributed by atoms with E-state index in [9.17, 15) is 0 Å². The molecule has 0 N–H and O–H groups in total. The van der Waals surface area contributed by atoms with Crippen molar-refractivity contribution >= 4 is 0 Å². The number of hydrogen-bond acceptors (Lipinski definition) is 0. The van der Waals surface area contributed by atoms with Crippen LogP contribution >= 0.6 is 0 Å². The first-order valence-corrected chi connectivity index (χ1v) is 9.06. The quantitative estimate of drug-likeness (QED) is 0.359. The fraction of sp³-hybridized carbons (Fsp3) is 0.542. The summed E-state index contributed by atoms with van der Waals surface area (Å²) in [6, 6.07) is 0. The molecule has 0 heterocycles. The van der Waals surface area contributed by atoms with Crippen molar-refractivity contribution in [3.8, 4) is 0 Å². The molecule has 0 unspecified atom stereocenters. The van der Waals surface area contributed by atoms with Crippen LogP contribution < -0.4 is 0 Å². The zero-order chi connectivity index (χ0) is 19.4. The maximum Gasteiger partial charge on any atom is 3.00 e. The van der Waals surface area contributed by atoms with Crippen LogP contribution in [0.3, 0.4) is 0 Å². The first-order valence-electron chi connectivity index (χ1n) is 9.06. The average Bonchev–Trinajstić information content (AvgIpc) is 2.78. The van der Waals surface area contributed by atoms with Gasteiger partial charge in [-0.1, -0.05) is 83.1 Å². The molecule has 0 atom stereocenters. The van der Waals surface area contributed by atoms with E-state index in [1.54, 1.807) is 0 Å². The van der Waals surface area contributed by atoms with Gasteiger partial charge in [-0.25, -0.2) is 0 Å². The molecule has 25 heavy (non-hydrogen) atoms. The molecule has 2 aliphatic carbocycles. The Morgan fingerprint density at radius 1 is 0.400 bits per heavy atom. The normalized spacial score (nSPS) is 24.2. The van der Waals surface area contributed by atoms with Gasteiger partial charge in [0.25, 0.3) is 0 Å². The summed E-state index contributed by atoms with van der Waals surface area (Å²) in [7, 11) is 0. The molecule has 0 aromatic carbocycles.